The molecule has 0 atom stereocenters. The molecule has 4 aromatic carbocycles. The Balaban J connectivity index is 1.10. The van der Waals surface area contributed by atoms with Crippen molar-refractivity contribution < 1.29 is 36.5 Å². The Bertz CT molecular complexity index is 1490. The van der Waals surface area contributed by atoms with Crippen LogP contribution in [0.5, 0.6) is 23.0 Å². The molecule has 0 unspecified atom stereocenters. The Hall–Kier alpha value is -3.32. The number of benzene rings is 4. The average molecular weight is 633 g/mol. The van der Waals surface area contributed by atoms with Crippen molar-refractivity contribution in [2.75, 3.05) is 29.8 Å². The van der Waals surface area contributed by atoms with Crippen LogP contribution in [0.15, 0.2) is 117 Å². The van der Waals surface area contributed by atoms with Crippen LogP contribution < -0.4 is 9.47 Å². The number of phenolic OH excluding ortho intramolecular Hbond substituents is 2. The van der Waals surface area contributed by atoms with Crippen LogP contribution in [0.1, 0.15) is 0 Å². The largest absolute Gasteiger partial charge is 0.508 e. The zero-order valence-electron chi connectivity index (χ0n) is 21.8. The Labute approximate surface area is 248 Å². The van der Waals surface area contributed by atoms with Gasteiger partial charge in [0.15, 0.2) is 0 Å². The number of thioether (sulfide) groups is 2. The molecule has 0 fully saturated rings. The van der Waals surface area contributed by atoms with Crippen molar-refractivity contribution in [2.24, 2.45) is 0 Å². The maximum atomic E-state index is 12.7. The Kier molecular flexibility index (Phi) is 10.5. The molecular weight excluding hydrogens is 605 g/mol. The summed E-state index contributed by atoms with van der Waals surface area (Å²) >= 11 is 3.42. The maximum Gasteiger partial charge on any atom is 0.206 e. The molecule has 0 aliphatic heterocycles. The van der Waals surface area contributed by atoms with E-state index in [4.69, 9.17) is 9.47 Å². The van der Waals surface area contributed by atoms with Crippen molar-refractivity contribution in [3.05, 3.63) is 97.1 Å². The average Bonchev–Trinajstić information content (AvgIpc) is 2.97. The minimum atomic E-state index is -3.67. The van der Waals surface area contributed by atoms with E-state index in [-0.39, 0.29) is 31.1 Å². The van der Waals surface area contributed by atoms with Gasteiger partial charge in [0.05, 0.1) is 32.8 Å². The van der Waals surface area contributed by atoms with Gasteiger partial charge in [-0.25, -0.2) is 16.8 Å². The van der Waals surface area contributed by atoms with Gasteiger partial charge >= 0.3 is 0 Å². The Morgan fingerprint density at radius 3 is 1.10 bits per heavy atom. The number of rotatable bonds is 14. The molecule has 0 heterocycles. The molecule has 0 aliphatic carbocycles. The van der Waals surface area contributed by atoms with E-state index in [0.717, 1.165) is 16.6 Å². The molecule has 2 N–H and O–H groups in total. The molecule has 0 saturated carbocycles. The first-order valence-corrected chi connectivity index (χ1v) is 17.6. The van der Waals surface area contributed by atoms with Gasteiger partial charge in [-0.2, -0.15) is 0 Å². The third-order valence-electron chi connectivity index (χ3n) is 5.72. The van der Waals surface area contributed by atoms with E-state index in [1.54, 1.807) is 47.8 Å². The molecule has 0 amide bonds. The van der Waals surface area contributed by atoms with Gasteiger partial charge in [0.1, 0.15) is 23.0 Å². The Morgan fingerprint density at radius 1 is 0.488 bits per heavy atom. The molecule has 4 aromatic rings. The lowest BCUT2D eigenvalue weighted by atomic mass is 10.3. The highest BCUT2D eigenvalue weighted by atomic mass is 32.2. The molecule has 0 aliphatic rings. The van der Waals surface area contributed by atoms with Gasteiger partial charge in [-0.3, -0.25) is 0 Å². The summed E-state index contributed by atoms with van der Waals surface area (Å²) in [4.78, 5) is 0.523. The van der Waals surface area contributed by atoms with Gasteiger partial charge in [-0.05, 0) is 97.1 Å². The second-order valence-corrected chi connectivity index (χ2v) is 15.0. The maximum absolute atomic E-state index is 12.7. The molecule has 12 heteroatoms. The number of hydrogen-bond donors (Lipinski definition) is 2. The SMILES string of the molecule is O=S(=O)(c1ccc(O)cc1)c1ccc(OCCSCSCCOc2ccc(S(=O)(=O)c3ccc(O)cc3)cc2)cc1. The molecule has 0 bridgehead atoms. The molecule has 216 valence electrons. The topological polar surface area (TPSA) is 127 Å². The van der Waals surface area contributed by atoms with Crippen LogP contribution in [0.25, 0.3) is 0 Å². The summed E-state index contributed by atoms with van der Waals surface area (Å²) in [6.07, 6.45) is 0. The minimum absolute atomic E-state index is 0.00331. The molecule has 0 saturated heterocycles. The third kappa shape index (κ3) is 8.35. The van der Waals surface area contributed by atoms with Crippen LogP contribution in [-0.2, 0) is 19.7 Å². The summed E-state index contributed by atoms with van der Waals surface area (Å²) in [7, 11) is -7.33. The fourth-order valence-corrected chi connectivity index (χ4v) is 7.90. The number of hydrogen-bond acceptors (Lipinski definition) is 10. The highest BCUT2D eigenvalue weighted by molar-refractivity contribution is 8.16. The van der Waals surface area contributed by atoms with E-state index in [1.165, 1.54) is 72.8 Å². The van der Waals surface area contributed by atoms with E-state index in [0.29, 0.717) is 24.7 Å². The molecule has 41 heavy (non-hydrogen) atoms. The summed E-state index contributed by atoms with van der Waals surface area (Å²) in [5.74, 6) is 2.69. The second-order valence-electron chi connectivity index (χ2n) is 8.57. The van der Waals surface area contributed by atoms with Gasteiger partial charge in [0.2, 0.25) is 19.7 Å². The van der Waals surface area contributed by atoms with Crippen molar-refractivity contribution in [3.8, 4) is 23.0 Å². The van der Waals surface area contributed by atoms with Crippen molar-refractivity contribution >= 4 is 43.2 Å². The van der Waals surface area contributed by atoms with E-state index < -0.39 is 19.7 Å². The van der Waals surface area contributed by atoms with Crippen LogP contribution in [0.3, 0.4) is 0 Å². The molecule has 8 nitrogen and oxygen atoms in total. The van der Waals surface area contributed by atoms with Crippen molar-refractivity contribution in [3.63, 3.8) is 0 Å². The van der Waals surface area contributed by atoms with Crippen molar-refractivity contribution in [2.45, 2.75) is 19.6 Å². The Morgan fingerprint density at radius 2 is 0.780 bits per heavy atom. The normalized spacial score (nSPS) is 11.7. The number of sulfone groups is 2. The van der Waals surface area contributed by atoms with Crippen LogP contribution in [0.2, 0.25) is 0 Å². The number of phenols is 2. The monoisotopic (exact) mass is 632 g/mol. The lowest BCUT2D eigenvalue weighted by molar-refractivity contribution is 0.343. The molecule has 0 aromatic heterocycles. The lowest BCUT2D eigenvalue weighted by Crippen LogP contribution is -2.04. The third-order valence-corrected chi connectivity index (χ3v) is 11.5. The summed E-state index contributed by atoms with van der Waals surface area (Å²) in [6, 6.07) is 23.3. The quantitative estimate of drug-likeness (QED) is 0.133. The van der Waals surface area contributed by atoms with Crippen LogP contribution >= 0.6 is 23.5 Å². The first-order valence-electron chi connectivity index (χ1n) is 12.4. The predicted molar refractivity (Wildman–Crippen MR) is 161 cm³/mol. The van der Waals surface area contributed by atoms with E-state index >= 15 is 0 Å². The van der Waals surface area contributed by atoms with Crippen molar-refractivity contribution in [1.82, 2.24) is 0 Å². The van der Waals surface area contributed by atoms with Crippen molar-refractivity contribution in [1.29, 1.82) is 0 Å². The van der Waals surface area contributed by atoms with Gasteiger partial charge in [-0.15, -0.1) is 23.5 Å². The molecular formula is C29H28O8S4. The van der Waals surface area contributed by atoms with E-state index in [9.17, 15) is 27.0 Å². The first kappa shape index (κ1) is 30.6. The minimum Gasteiger partial charge on any atom is -0.508 e. The standard InChI is InChI=1S/C29H28O8S4/c30-22-1-9-26(10-2-22)40(32,33)28-13-5-24(6-14-28)36-17-19-38-21-39-20-18-37-25-7-15-29(16-8-25)41(34,35)27-11-3-23(31)4-12-27/h1-16,30-31H,17-21H2. The van der Waals surface area contributed by atoms with Gasteiger partial charge in [0, 0.05) is 16.6 Å². The zero-order valence-corrected chi connectivity index (χ0v) is 25.0. The highest BCUT2D eigenvalue weighted by Gasteiger charge is 2.18. The van der Waals surface area contributed by atoms with E-state index in [1.807, 2.05) is 0 Å². The van der Waals surface area contributed by atoms with Crippen LogP contribution in [0, 0.1) is 0 Å². The number of ether oxygens (including phenoxy) is 2. The zero-order chi connectivity index (χ0) is 29.3. The summed E-state index contributed by atoms with van der Waals surface area (Å²) < 4.78 is 62.2. The second kappa shape index (κ2) is 14.0. The number of aromatic hydroxyl groups is 2. The van der Waals surface area contributed by atoms with E-state index in [2.05, 4.69) is 0 Å². The summed E-state index contributed by atoms with van der Waals surface area (Å²) in [6.45, 7) is 0.955. The van der Waals surface area contributed by atoms with Crippen LogP contribution in [-0.4, -0.2) is 56.9 Å². The molecule has 0 radical (unpaired) electrons. The van der Waals surface area contributed by atoms with Gasteiger partial charge in [0.25, 0.3) is 0 Å². The lowest BCUT2D eigenvalue weighted by Gasteiger charge is -2.09. The highest BCUT2D eigenvalue weighted by Crippen LogP contribution is 2.26. The fraction of sp³-hybridized carbons (Fsp3) is 0.172. The summed E-state index contributed by atoms with van der Waals surface area (Å²) in [5, 5.41) is 19.6. The smallest absolute Gasteiger partial charge is 0.206 e. The first-order chi connectivity index (χ1) is 19.7. The molecule has 4 rings (SSSR count). The van der Waals surface area contributed by atoms with Gasteiger partial charge < -0.3 is 19.7 Å². The van der Waals surface area contributed by atoms with Crippen LogP contribution in [0.4, 0.5) is 0 Å². The predicted octanol–water partition coefficient (Wildman–Crippen LogP) is 5.65. The van der Waals surface area contributed by atoms with Gasteiger partial charge in [-0.1, -0.05) is 0 Å². The summed E-state index contributed by atoms with van der Waals surface area (Å²) in [5.41, 5.74) is 0. The fourth-order valence-electron chi connectivity index (χ4n) is 3.57. The molecule has 0 spiro atoms.